The Labute approximate surface area is 170 Å². The van der Waals surface area contributed by atoms with Crippen molar-refractivity contribution in [2.75, 3.05) is 20.3 Å². The zero-order chi connectivity index (χ0) is 21.9. The molecule has 0 saturated heterocycles. The lowest BCUT2D eigenvalue weighted by Gasteiger charge is -2.52. The number of allylic oxidation sites excluding steroid dienone is 1. The fourth-order valence-corrected chi connectivity index (χ4v) is 4.54. The molecule has 29 heavy (non-hydrogen) atoms. The summed E-state index contributed by atoms with van der Waals surface area (Å²) in [6.07, 6.45) is 1.09. The number of carbonyl (C=O) groups is 2. The normalized spacial score (nSPS) is 32.5. The van der Waals surface area contributed by atoms with Crippen LogP contribution in [0.2, 0.25) is 0 Å². The second-order valence-corrected chi connectivity index (χ2v) is 7.95. The van der Waals surface area contributed by atoms with Crippen LogP contribution in [0.25, 0.3) is 0 Å². The van der Waals surface area contributed by atoms with Crippen LogP contribution in [0.3, 0.4) is 0 Å². The highest BCUT2D eigenvalue weighted by Crippen LogP contribution is 2.51. The molecule has 6 unspecified atom stereocenters. The molecule has 1 saturated carbocycles. The number of carboxylic acid groups (broad SMARTS) is 1. The lowest BCUT2D eigenvalue weighted by molar-refractivity contribution is -0.173. The Bertz CT molecular complexity index is 711. The van der Waals surface area contributed by atoms with E-state index in [1.54, 1.807) is 7.11 Å². The van der Waals surface area contributed by atoms with E-state index in [0.717, 1.165) is 5.57 Å². The first kappa shape index (κ1) is 23.3. The first-order valence-corrected chi connectivity index (χ1v) is 9.56. The van der Waals surface area contributed by atoms with Gasteiger partial charge in [0.2, 0.25) is 0 Å². The summed E-state index contributed by atoms with van der Waals surface area (Å²) in [5, 5.41) is 37.9. The van der Waals surface area contributed by atoms with Crippen molar-refractivity contribution in [1.29, 1.82) is 0 Å². The first-order chi connectivity index (χ1) is 13.6. The van der Waals surface area contributed by atoms with Gasteiger partial charge in [0.15, 0.2) is 0 Å². The maximum absolute atomic E-state index is 12.5. The Hall–Kier alpha value is -2.00. The van der Waals surface area contributed by atoms with Crippen LogP contribution in [-0.4, -0.2) is 70.5 Å². The van der Waals surface area contributed by atoms with E-state index in [9.17, 15) is 24.9 Å². The number of carbonyl (C=O) groups excluding carboxylic acids is 1. The highest BCUT2D eigenvalue weighted by Gasteiger charge is 2.54. The highest BCUT2D eigenvalue weighted by atomic mass is 16.5. The van der Waals surface area contributed by atoms with Gasteiger partial charge in [0.05, 0.1) is 24.4 Å². The molecule has 162 valence electrons. The van der Waals surface area contributed by atoms with E-state index in [2.05, 4.69) is 13.2 Å². The van der Waals surface area contributed by atoms with Gasteiger partial charge in [-0.15, -0.1) is 0 Å². The van der Waals surface area contributed by atoms with Gasteiger partial charge in [-0.3, -0.25) is 0 Å². The molecular weight excluding hydrogens is 380 g/mol. The molecule has 0 aromatic heterocycles. The molecule has 0 bridgehead atoms. The van der Waals surface area contributed by atoms with Crippen molar-refractivity contribution in [3.8, 4) is 0 Å². The van der Waals surface area contributed by atoms with E-state index >= 15 is 0 Å². The van der Waals surface area contributed by atoms with E-state index in [1.807, 2.05) is 13.0 Å². The lowest BCUT2D eigenvalue weighted by Crippen LogP contribution is -2.56. The molecule has 0 spiro atoms. The average molecular weight is 410 g/mol. The van der Waals surface area contributed by atoms with Crippen LogP contribution >= 0.6 is 0 Å². The predicted molar refractivity (Wildman–Crippen MR) is 104 cm³/mol. The van der Waals surface area contributed by atoms with E-state index in [0.29, 0.717) is 12.8 Å². The van der Waals surface area contributed by atoms with E-state index in [-0.39, 0.29) is 36.0 Å². The second kappa shape index (κ2) is 9.21. The smallest absolute Gasteiger partial charge is 0.336 e. The van der Waals surface area contributed by atoms with Crippen molar-refractivity contribution in [1.82, 2.24) is 0 Å². The molecule has 8 heteroatoms. The van der Waals surface area contributed by atoms with E-state index in [1.165, 1.54) is 0 Å². The Morgan fingerprint density at radius 2 is 2.00 bits per heavy atom. The summed E-state index contributed by atoms with van der Waals surface area (Å²) in [5.74, 6) is -3.26. The monoisotopic (exact) mass is 410 g/mol. The number of esters is 1. The summed E-state index contributed by atoms with van der Waals surface area (Å²) < 4.78 is 11.3. The summed E-state index contributed by atoms with van der Waals surface area (Å²) >= 11 is 0. The highest BCUT2D eigenvalue weighted by molar-refractivity contribution is 5.89. The summed E-state index contributed by atoms with van der Waals surface area (Å²) in [4.78, 5) is 24.2. The van der Waals surface area contributed by atoms with Gasteiger partial charge in [0.25, 0.3) is 0 Å². The zero-order valence-corrected chi connectivity index (χ0v) is 16.8. The van der Waals surface area contributed by atoms with Crippen LogP contribution in [0, 0.1) is 17.8 Å². The first-order valence-electron chi connectivity index (χ1n) is 9.56. The Kier molecular flexibility index (Phi) is 7.40. The Balaban J connectivity index is 2.46. The molecular formula is C21H30O8. The van der Waals surface area contributed by atoms with Gasteiger partial charge in [-0.05, 0) is 37.2 Å². The van der Waals surface area contributed by atoms with E-state index in [4.69, 9.17) is 14.6 Å². The topological polar surface area (TPSA) is 134 Å². The molecule has 0 aromatic rings. The summed E-state index contributed by atoms with van der Waals surface area (Å²) in [6, 6.07) is 0. The van der Waals surface area contributed by atoms with Crippen molar-refractivity contribution in [2.24, 2.45) is 17.8 Å². The molecule has 2 rings (SSSR count). The van der Waals surface area contributed by atoms with Gasteiger partial charge in [-0.25, -0.2) is 9.59 Å². The number of ether oxygens (including phenoxy) is 2. The van der Waals surface area contributed by atoms with Crippen LogP contribution in [0.15, 0.2) is 36.0 Å². The zero-order valence-electron chi connectivity index (χ0n) is 16.8. The standard InChI is InChI=1S/C21H30O8/c1-11(16(24)10-23)20(27)29-17-8-21(3,28-4)15-6-5-13(9-22)7-14(15)18(17)12(2)19(25)26/h7,14-18,22-24H,1-2,5-6,8-10H2,3-4H3,(H,25,26). The number of carboxylic acids is 1. The van der Waals surface area contributed by atoms with Crippen molar-refractivity contribution in [3.05, 3.63) is 36.0 Å². The fraction of sp³-hybridized carbons (Fsp3) is 0.619. The van der Waals surface area contributed by atoms with Gasteiger partial charge < -0.3 is 29.9 Å². The number of fused-ring (bicyclic) bond motifs is 1. The van der Waals surface area contributed by atoms with Gasteiger partial charge in [0.1, 0.15) is 12.2 Å². The van der Waals surface area contributed by atoms with Crippen LogP contribution < -0.4 is 0 Å². The second-order valence-electron chi connectivity index (χ2n) is 7.95. The third-order valence-electron chi connectivity index (χ3n) is 6.32. The molecule has 2 aliphatic carbocycles. The molecule has 6 atom stereocenters. The Morgan fingerprint density at radius 3 is 2.52 bits per heavy atom. The average Bonchev–Trinajstić information content (AvgIpc) is 2.71. The number of rotatable bonds is 8. The minimum atomic E-state index is -1.47. The minimum absolute atomic E-state index is 0.0508. The predicted octanol–water partition coefficient (Wildman–Crippen LogP) is 0.818. The largest absolute Gasteiger partial charge is 0.478 e. The quantitative estimate of drug-likeness (QED) is 0.263. The van der Waals surface area contributed by atoms with Crippen molar-refractivity contribution >= 4 is 11.9 Å². The molecule has 1 fully saturated rings. The summed E-state index contributed by atoms with van der Waals surface area (Å²) in [5.41, 5.74) is -0.317. The van der Waals surface area contributed by atoms with Gasteiger partial charge in [0, 0.05) is 25.0 Å². The summed E-state index contributed by atoms with van der Waals surface area (Å²) in [6.45, 7) is 8.24. The number of aliphatic carboxylic acids is 1. The molecule has 0 radical (unpaired) electrons. The van der Waals surface area contributed by atoms with Crippen molar-refractivity contribution in [2.45, 2.75) is 44.0 Å². The SMILES string of the molecule is C=C(C(=O)OC1CC(C)(OC)C2CCC(CO)=CC2C1C(=C)C(=O)O)C(O)CO. The molecule has 4 N–H and O–H groups in total. The molecule has 0 amide bonds. The van der Waals surface area contributed by atoms with Gasteiger partial charge in [-0.1, -0.05) is 19.2 Å². The number of hydrogen-bond donors (Lipinski definition) is 4. The minimum Gasteiger partial charge on any atom is -0.478 e. The molecule has 0 heterocycles. The summed E-state index contributed by atoms with van der Waals surface area (Å²) in [7, 11) is 1.56. The van der Waals surface area contributed by atoms with Crippen LogP contribution in [0.5, 0.6) is 0 Å². The van der Waals surface area contributed by atoms with Gasteiger partial charge >= 0.3 is 11.9 Å². The number of methoxy groups -OCH3 is 1. The van der Waals surface area contributed by atoms with Crippen molar-refractivity contribution < 1.29 is 39.5 Å². The number of hydrogen-bond acceptors (Lipinski definition) is 7. The number of aliphatic hydroxyl groups excluding tert-OH is 3. The van der Waals surface area contributed by atoms with Crippen LogP contribution in [0.1, 0.15) is 26.2 Å². The lowest BCUT2D eigenvalue weighted by atomic mass is 9.58. The molecule has 8 nitrogen and oxygen atoms in total. The third-order valence-corrected chi connectivity index (χ3v) is 6.32. The molecule has 2 aliphatic rings. The fourth-order valence-electron chi connectivity index (χ4n) is 4.54. The molecule has 0 aliphatic heterocycles. The maximum Gasteiger partial charge on any atom is 0.336 e. The maximum atomic E-state index is 12.5. The Morgan fingerprint density at radius 1 is 1.34 bits per heavy atom. The molecule has 0 aromatic carbocycles. The van der Waals surface area contributed by atoms with Crippen LogP contribution in [0.4, 0.5) is 0 Å². The van der Waals surface area contributed by atoms with Crippen LogP contribution in [-0.2, 0) is 19.1 Å². The third kappa shape index (κ3) is 4.61. The number of aliphatic hydroxyl groups is 3. The van der Waals surface area contributed by atoms with Crippen molar-refractivity contribution in [3.63, 3.8) is 0 Å². The van der Waals surface area contributed by atoms with E-state index < -0.39 is 42.3 Å². The van der Waals surface area contributed by atoms with Gasteiger partial charge in [-0.2, -0.15) is 0 Å².